The van der Waals surface area contributed by atoms with E-state index in [1.54, 1.807) is 19.1 Å². The minimum Gasteiger partial charge on any atom is -0.387 e. The monoisotopic (exact) mass is 776 g/mol. The van der Waals surface area contributed by atoms with E-state index in [0.717, 1.165) is 18.4 Å². The van der Waals surface area contributed by atoms with E-state index in [9.17, 15) is 19.7 Å². The molecule has 1 aromatic carbocycles. The van der Waals surface area contributed by atoms with Crippen LogP contribution in [-0.4, -0.2) is 80.5 Å². The molecule has 0 bridgehead atoms. The maximum absolute atomic E-state index is 13.0. The average Bonchev–Trinajstić information content (AvgIpc) is 3.71. The molecule has 14 heteroatoms. The van der Waals surface area contributed by atoms with Gasteiger partial charge in [-0.1, -0.05) is 134 Å². The Morgan fingerprint density at radius 2 is 1.48 bits per heavy atom. The third kappa shape index (κ3) is 14.2. The van der Waals surface area contributed by atoms with Crippen molar-refractivity contribution in [1.29, 1.82) is 0 Å². The summed E-state index contributed by atoms with van der Waals surface area (Å²) in [5.41, 5.74) is 6.39. The fraction of sp³-hybridized carbons (Fsp3) is 0.700. The number of hydrogen-bond acceptors (Lipinski definition) is 11. The molecule has 13 nitrogen and oxygen atoms in total. The number of phosphoric acid groups is 1. The van der Waals surface area contributed by atoms with Crippen LogP contribution in [0.3, 0.4) is 0 Å². The number of aliphatic hydroxyl groups excluding tert-OH is 2. The summed E-state index contributed by atoms with van der Waals surface area (Å²) in [5.74, 6) is 0.239. The van der Waals surface area contributed by atoms with Crippen LogP contribution in [0.15, 0.2) is 48.8 Å². The van der Waals surface area contributed by atoms with Gasteiger partial charge in [-0.3, -0.25) is 9.05 Å². The van der Waals surface area contributed by atoms with E-state index >= 15 is 0 Å². The molecule has 0 saturated carbocycles. The minimum atomic E-state index is -4.62. The number of aromatic nitrogens is 3. The molecule has 3 aromatic rings. The normalized spacial score (nSPS) is 21.8. The smallest absolute Gasteiger partial charge is 0.387 e. The third-order valence-electron chi connectivity index (χ3n) is 10.3. The lowest BCUT2D eigenvalue weighted by Gasteiger charge is -2.27. The van der Waals surface area contributed by atoms with Crippen molar-refractivity contribution >= 4 is 19.2 Å². The minimum absolute atomic E-state index is 0.180. The van der Waals surface area contributed by atoms with E-state index in [2.05, 4.69) is 17.0 Å². The Labute approximate surface area is 321 Å². The highest BCUT2D eigenvalue weighted by molar-refractivity contribution is 7.47. The van der Waals surface area contributed by atoms with Gasteiger partial charge in [0.05, 0.1) is 32.1 Å². The molecular formula is C40H65N4O9P. The van der Waals surface area contributed by atoms with Crippen molar-refractivity contribution in [3.05, 3.63) is 60.0 Å². The van der Waals surface area contributed by atoms with Crippen LogP contribution < -0.4 is 5.73 Å². The van der Waals surface area contributed by atoms with Gasteiger partial charge in [0.15, 0.2) is 5.82 Å². The Kier molecular flexibility index (Phi) is 19.3. The number of rotatable bonds is 29. The summed E-state index contributed by atoms with van der Waals surface area (Å²) in [6.45, 7) is 4.09. The van der Waals surface area contributed by atoms with E-state index in [-0.39, 0.29) is 25.6 Å². The predicted octanol–water partition coefficient (Wildman–Crippen LogP) is 7.64. The van der Waals surface area contributed by atoms with Crippen LogP contribution >= 0.6 is 7.82 Å². The number of unbranched alkanes of at least 4 members (excludes halogenated alkanes) is 15. The van der Waals surface area contributed by atoms with Crippen LogP contribution in [0.1, 0.15) is 128 Å². The Balaban J connectivity index is 1.13. The highest BCUT2D eigenvalue weighted by atomic mass is 31.2. The first kappa shape index (κ1) is 44.3. The Morgan fingerprint density at radius 1 is 0.870 bits per heavy atom. The first-order valence-electron chi connectivity index (χ1n) is 20.1. The molecule has 3 heterocycles. The summed E-state index contributed by atoms with van der Waals surface area (Å²) in [5, 5.41) is 26.0. The van der Waals surface area contributed by atoms with Gasteiger partial charge in [-0.05, 0) is 31.0 Å². The molecule has 4 rings (SSSR count). The number of anilines is 1. The van der Waals surface area contributed by atoms with E-state index in [0.29, 0.717) is 17.8 Å². The maximum atomic E-state index is 13.0. The number of phosphoric ester groups is 1. The summed E-state index contributed by atoms with van der Waals surface area (Å²) in [4.78, 5) is 14.5. The Hall–Kier alpha value is -2.45. The molecule has 304 valence electrons. The fourth-order valence-corrected chi connectivity index (χ4v) is 7.70. The number of hydrogen-bond donors (Lipinski definition) is 4. The van der Waals surface area contributed by atoms with Crippen molar-refractivity contribution in [3.8, 4) is 0 Å². The number of nitrogens with two attached hydrogens (primary N) is 1. The second kappa shape index (κ2) is 23.6. The molecule has 54 heavy (non-hydrogen) atoms. The standard InChI is InChI=1S/C40H65N4O9P/c1-3-4-5-6-7-8-9-10-11-12-13-14-15-16-17-21-26-49-28-33(50-27-32-22-19-18-20-23-32)29-51-54(47,48)52-30-35-37(45)38(46)40(2,53-35)36-25-24-34-39(41)42-31-43-44(34)36/h18-20,22-25,31,33,35,37-38,45-46H,3-17,21,26-30H2,1-2H3,(H,47,48)(H2,41,42,43)/t33-,35+,37+,38+,40-/m0/s1. The van der Waals surface area contributed by atoms with Gasteiger partial charge >= 0.3 is 7.82 Å². The Bertz CT molecular complexity index is 1520. The lowest BCUT2D eigenvalue weighted by molar-refractivity contribution is -0.0901. The predicted molar refractivity (Wildman–Crippen MR) is 209 cm³/mol. The van der Waals surface area contributed by atoms with Gasteiger partial charge in [0, 0.05) is 6.61 Å². The zero-order valence-corrected chi connectivity index (χ0v) is 33.3. The molecule has 6 atom stereocenters. The molecule has 1 aliphatic heterocycles. The third-order valence-corrected chi connectivity index (χ3v) is 11.2. The molecule has 0 aliphatic carbocycles. The van der Waals surface area contributed by atoms with Crippen molar-refractivity contribution < 1.29 is 42.9 Å². The molecule has 2 aromatic heterocycles. The summed E-state index contributed by atoms with van der Waals surface area (Å²) in [6.07, 6.45) is 17.5. The van der Waals surface area contributed by atoms with E-state index in [1.165, 1.54) is 101 Å². The summed E-state index contributed by atoms with van der Waals surface area (Å²) >= 11 is 0. The summed E-state index contributed by atoms with van der Waals surface area (Å²) < 4.78 is 43.0. The number of benzene rings is 1. The number of fused-ring (bicyclic) bond motifs is 1. The van der Waals surface area contributed by atoms with Gasteiger partial charge in [0.25, 0.3) is 0 Å². The molecule has 0 radical (unpaired) electrons. The largest absolute Gasteiger partial charge is 0.472 e. The topological polar surface area (TPSA) is 180 Å². The number of ether oxygens (including phenoxy) is 3. The molecule has 5 N–H and O–H groups in total. The fourth-order valence-electron chi connectivity index (χ4n) is 6.94. The average molecular weight is 777 g/mol. The van der Waals surface area contributed by atoms with Gasteiger partial charge in [0.1, 0.15) is 41.9 Å². The van der Waals surface area contributed by atoms with Gasteiger partial charge in [-0.2, -0.15) is 5.10 Å². The SMILES string of the molecule is CCCCCCCCCCCCCCCCCCOC[C@@H](COP(=O)(O)OC[C@H]1O[C@@](C)(c2ccc3c(N)ncnn23)[C@H](O)[C@@H]1O)OCc1ccccc1. The van der Waals surface area contributed by atoms with Gasteiger partial charge in [-0.25, -0.2) is 14.1 Å². The summed E-state index contributed by atoms with van der Waals surface area (Å²) in [7, 11) is -4.62. The number of nitrogens with zero attached hydrogens (tertiary/aromatic N) is 3. The molecule has 1 fully saturated rings. The van der Waals surface area contributed by atoms with Crippen molar-refractivity contribution in [3.63, 3.8) is 0 Å². The van der Waals surface area contributed by atoms with Crippen LogP contribution in [0.2, 0.25) is 0 Å². The zero-order chi connectivity index (χ0) is 38.7. The quantitative estimate of drug-likeness (QED) is 0.0400. The van der Waals surface area contributed by atoms with Crippen molar-refractivity contribution in [2.75, 3.05) is 32.2 Å². The van der Waals surface area contributed by atoms with Gasteiger partial charge in [0.2, 0.25) is 0 Å². The molecular weight excluding hydrogens is 711 g/mol. The summed E-state index contributed by atoms with van der Waals surface area (Å²) in [6, 6.07) is 13.0. The molecule has 0 amide bonds. The lowest BCUT2D eigenvalue weighted by Crippen LogP contribution is -2.39. The highest BCUT2D eigenvalue weighted by Crippen LogP contribution is 2.46. The molecule has 0 spiro atoms. The van der Waals surface area contributed by atoms with Crippen molar-refractivity contribution in [2.45, 2.75) is 153 Å². The van der Waals surface area contributed by atoms with E-state index in [4.69, 9.17) is 29.0 Å². The van der Waals surface area contributed by atoms with E-state index < -0.39 is 44.4 Å². The number of nitrogen functional groups attached to an aromatic ring is 1. The first-order valence-corrected chi connectivity index (χ1v) is 21.6. The van der Waals surface area contributed by atoms with Gasteiger partial charge in [-0.15, -0.1) is 0 Å². The molecule has 1 unspecified atom stereocenters. The first-order chi connectivity index (χ1) is 26.1. The molecule has 1 aliphatic rings. The van der Waals surface area contributed by atoms with Crippen LogP contribution in [-0.2, 0) is 40.0 Å². The van der Waals surface area contributed by atoms with Crippen molar-refractivity contribution in [1.82, 2.24) is 14.6 Å². The van der Waals surface area contributed by atoms with Gasteiger partial charge < -0.3 is 35.1 Å². The second-order valence-corrected chi connectivity index (χ2v) is 16.2. The van der Waals surface area contributed by atoms with Crippen molar-refractivity contribution in [2.24, 2.45) is 0 Å². The Morgan fingerprint density at radius 3 is 2.11 bits per heavy atom. The van der Waals surface area contributed by atoms with Crippen LogP contribution in [0.25, 0.3) is 5.52 Å². The second-order valence-electron chi connectivity index (χ2n) is 14.7. The maximum Gasteiger partial charge on any atom is 0.472 e. The van der Waals surface area contributed by atoms with Crippen LogP contribution in [0, 0.1) is 0 Å². The zero-order valence-electron chi connectivity index (χ0n) is 32.4. The molecule has 1 saturated heterocycles. The van der Waals surface area contributed by atoms with Crippen LogP contribution in [0.4, 0.5) is 5.82 Å². The van der Waals surface area contributed by atoms with E-state index in [1.807, 2.05) is 30.3 Å². The van der Waals surface area contributed by atoms with Crippen LogP contribution in [0.5, 0.6) is 0 Å². The lowest BCUT2D eigenvalue weighted by atomic mass is 9.93. The number of aliphatic hydroxyl groups is 2. The highest BCUT2D eigenvalue weighted by Gasteiger charge is 2.54.